The van der Waals surface area contributed by atoms with Crippen molar-refractivity contribution in [3.05, 3.63) is 0 Å². The van der Waals surface area contributed by atoms with Crippen molar-refractivity contribution in [2.45, 2.75) is 50.7 Å². The summed E-state index contributed by atoms with van der Waals surface area (Å²) in [5, 5.41) is 10.1. The molecule has 88 valence electrons. The van der Waals surface area contributed by atoms with Gasteiger partial charge >= 0.3 is 0 Å². The van der Waals surface area contributed by atoms with E-state index in [1.807, 2.05) is 13.8 Å². The molecule has 0 aromatic rings. The molecule has 2 saturated heterocycles. The van der Waals surface area contributed by atoms with E-state index in [0.717, 1.165) is 45.5 Å². The molecule has 1 atom stereocenters. The van der Waals surface area contributed by atoms with Gasteiger partial charge < -0.3 is 14.6 Å². The Morgan fingerprint density at radius 2 is 1.87 bits per heavy atom. The molecule has 0 aromatic heterocycles. The third-order valence-corrected chi connectivity index (χ3v) is 3.90. The van der Waals surface area contributed by atoms with E-state index in [1.165, 1.54) is 0 Å². The van der Waals surface area contributed by atoms with Gasteiger partial charge in [0, 0.05) is 19.8 Å². The fraction of sp³-hybridized carbons (Fsp3) is 1.00. The van der Waals surface area contributed by atoms with Crippen LogP contribution in [-0.2, 0) is 9.47 Å². The van der Waals surface area contributed by atoms with Crippen LogP contribution in [0.5, 0.6) is 0 Å². The fourth-order valence-electron chi connectivity index (χ4n) is 2.72. The zero-order chi connectivity index (χ0) is 10.9. The van der Waals surface area contributed by atoms with Crippen LogP contribution in [0.15, 0.2) is 0 Å². The van der Waals surface area contributed by atoms with Crippen LogP contribution in [0.1, 0.15) is 39.5 Å². The van der Waals surface area contributed by atoms with Crippen LogP contribution in [0.4, 0.5) is 0 Å². The standard InChI is InChI=1S/C12H22O3/c1-11(2,13)10-3-6-15-12(9-10)4-7-14-8-5-12/h10,13H,3-9H2,1-2H3. The predicted octanol–water partition coefficient (Wildman–Crippen LogP) is 1.73. The molecule has 1 spiro atoms. The Labute approximate surface area is 91.8 Å². The van der Waals surface area contributed by atoms with E-state index in [4.69, 9.17) is 9.47 Å². The molecule has 3 nitrogen and oxygen atoms in total. The van der Waals surface area contributed by atoms with Gasteiger partial charge in [-0.15, -0.1) is 0 Å². The fourth-order valence-corrected chi connectivity index (χ4v) is 2.72. The molecule has 2 rings (SSSR count). The third kappa shape index (κ3) is 2.52. The molecule has 2 fully saturated rings. The average Bonchev–Trinajstić information content (AvgIpc) is 2.18. The van der Waals surface area contributed by atoms with Crippen LogP contribution in [0.3, 0.4) is 0 Å². The van der Waals surface area contributed by atoms with E-state index >= 15 is 0 Å². The number of hydrogen-bond acceptors (Lipinski definition) is 3. The maximum Gasteiger partial charge on any atom is 0.0730 e. The highest BCUT2D eigenvalue weighted by molar-refractivity contribution is 4.93. The summed E-state index contributed by atoms with van der Waals surface area (Å²) < 4.78 is 11.3. The molecule has 2 heterocycles. The zero-order valence-corrected chi connectivity index (χ0v) is 9.79. The first-order chi connectivity index (χ1) is 7.02. The molecule has 2 aliphatic heterocycles. The van der Waals surface area contributed by atoms with Crippen LogP contribution in [0, 0.1) is 5.92 Å². The predicted molar refractivity (Wildman–Crippen MR) is 57.8 cm³/mol. The highest BCUT2D eigenvalue weighted by atomic mass is 16.5. The van der Waals surface area contributed by atoms with E-state index in [1.54, 1.807) is 0 Å². The van der Waals surface area contributed by atoms with Crippen molar-refractivity contribution in [2.24, 2.45) is 5.92 Å². The number of hydrogen-bond donors (Lipinski definition) is 1. The quantitative estimate of drug-likeness (QED) is 0.722. The molecule has 3 heteroatoms. The van der Waals surface area contributed by atoms with Gasteiger partial charge in [-0.05, 0) is 45.4 Å². The number of rotatable bonds is 1. The number of aliphatic hydroxyl groups is 1. The van der Waals surface area contributed by atoms with Crippen LogP contribution in [-0.4, -0.2) is 36.1 Å². The lowest BCUT2D eigenvalue weighted by molar-refractivity contribution is -0.169. The van der Waals surface area contributed by atoms with Crippen LogP contribution >= 0.6 is 0 Å². The summed E-state index contributed by atoms with van der Waals surface area (Å²) in [4.78, 5) is 0. The van der Waals surface area contributed by atoms with Crippen molar-refractivity contribution in [2.75, 3.05) is 19.8 Å². The summed E-state index contributed by atoms with van der Waals surface area (Å²) >= 11 is 0. The summed E-state index contributed by atoms with van der Waals surface area (Å²) in [6, 6.07) is 0. The zero-order valence-electron chi connectivity index (χ0n) is 9.79. The van der Waals surface area contributed by atoms with Crippen molar-refractivity contribution in [3.63, 3.8) is 0 Å². The van der Waals surface area contributed by atoms with Gasteiger partial charge in [-0.2, -0.15) is 0 Å². The lowest BCUT2D eigenvalue weighted by atomic mass is 9.74. The first-order valence-corrected chi connectivity index (χ1v) is 5.96. The molecule has 0 bridgehead atoms. The van der Waals surface area contributed by atoms with Gasteiger partial charge in [-0.1, -0.05) is 0 Å². The first kappa shape index (κ1) is 11.4. The van der Waals surface area contributed by atoms with Gasteiger partial charge in [-0.3, -0.25) is 0 Å². The molecule has 0 amide bonds. The van der Waals surface area contributed by atoms with Crippen molar-refractivity contribution in [1.82, 2.24) is 0 Å². The molecule has 0 radical (unpaired) electrons. The Hall–Kier alpha value is -0.120. The Morgan fingerprint density at radius 1 is 1.20 bits per heavy atom. The lowest BCUT2D eigenvalue weighted by Gasteiger charge is -2.46. The largest absolute Gasteiger partial charge is 0.390 e. The lowest BCUT2D eigenvalue weighted by Crippen LogP contribution is -2.48. The van der Waals surface area contributed by atoms with E-state index < -0.39 is 5.60 Å². The second-order valence-corrected chi connectivity index (χ2v) is 5.49. The van der Waals surface area contributed by atoms with Gasteiger partial charge in [-0.25, -0.2) is 0 Å². The Kier molecular flexibility index (Phi) is 3.06. The minimum Gasteiger partial charge on any atom is -0.390 e. The summed E-state index contributed by atoms with van der Waals surface area (Å²) in [7, 11) is 0. The molecule has 2 aliphatic rings. The summed E-state index contributed by atoms with van der Waals surface area (Å²) in [6.07, 6.45) is 3.94. The van der Waals surface area contributed by atoms with Crippen LogP contribution in [0.25, 0.3) is 0 Å². The van der Waals surface area contributed by atoms with Crippen LogP contribution < -0.4 is 0 Å². The average molecular weight is 214 g/mol. The molecule has 0 aliphatic carbocycles. The minimum atomic E-state index is -0.574. The first-order valence-electron chi connectivity index (χ1n) is 5.96. The van der Waals surface area contributed by atoms with Gasteiger partial charge in [0.25, 0.3) is 0 Å². The van der Waals surface area contributed by atoms with E-state index in [-0.39, 0.29) is 5.60 Å². The van der Waals surface area contributed by atoms with E-state index in [9.17, 15) is 5.11 Å². The number of ether oxygens (including phenoxy) is 2. The maximum absolute atomic E-state index is 10.1. The van der Waals surface area contributed by atoms with Gasteiger partial charge in [0.2, 0.25) is 0 Å². The Balaban J connectivity index is 2.02. The Bertz CT molecular complexity index is 208. The van der Waals surface area contributed by atoms with Crippen molar-refractivity contribution in [3.8, 4) is 0 Å². The summed E-state index contributed by atoms with van der Waals surface area (Å²) in [5.74, 6) is 0.365. The van der Waals surface area contributed by atoms with E-state index in [0.29, 0.717) is 5.92 Å². The molecular weight excluding hydrogens is 192 g/mol. The minimum absolute atomic E-state index is 0.00116. The van der Waals surface area contributed by atoms with Gasteiger partial charge in [0.05, 0.1) is 11.2 Å². The normalized spacial score (nSPS) is 31.8. The Morgan fingerprint density at radius 3 is 2.47 bits per heavy atom. The maximum atomic E-state index is 10.1. The second-order valence-electron chi connectivity index (χ2n) is 5.49. The van der Waals surface area contributed by atoms with Crippen molar-refractivity contribution in [1.29, 1.82) is 0 Å². The molecular formula is C12H22O3. The van der Waals surface area contributed by atoms with Crippen LogP contribution in [0.2, 0.25) is 0 Å². The monoisotopic (exact) mass is 214 g/mol. The topological polar surface area (TPSA) is 38.7 Å². The second kappa shape index (κ2) is 4.04. The van der Waals surface area contributed by atoms with E-state index in [2.05, 4.69) is 0 Å². The van der Waals surface area contributed by atoms with Crippen molar-refractivity contribution >= 4 is 0 Å². The van der Waals surface area contributed by atoms with Crippen molar-refractivity contribution < 1.29 is 14.6 Å². The van der Waals surface area contributed by atoms with Gasteiger partial charge in [0.15, 0.2) is 0 Å². The molecule has 0 aromatic carbocycles. The highest BCUT2D eigenvalue weighted by Gasteiger charge is 2.42. The molecule has 1 unspecified atom stereocenters. The molecule has 15 heavy (non-hydrogen) atoms. The SMILES string of the molecule is CC(C)(O)C1CCOC2(CCOCC2)C1. The third-order valence-electron chi connectivity index (χ3n) is 3.90. The summed E-state index contributed by atoms with van der Waals surface area (Å²) in [5.41, 5.74) is -0.573. The smallest absolute Gasteiger partial charge is 0.0730 e. The van der Waals surface area contributed by atoms with Gasteiger partial charge in [0.1, 0.15) is 0 Å². The molecule has 0 saturated carbocycles. The highest BCUT2D eigenvalue weighted by Crippen LogP contribution is 2.40. The molecule has 1 N–H and O–H groups in total. The summed E-state index contributed by atoms with van der Waals surface area (Å²) in [6.45, 7) is 6.22.